The van der Waals surface area contributed by atoms with Gasteiger partial charge in [0.15, 0.2) is 5.82 Å². The molecule has 0 unspecified atom stereocenters. The molecular formula is C24H27N5O2. The van der Waals surface area contributed by atoms with Crippen molar-refractivity contribution in [1.82, 2.24) is 20.0 Å². The Bertz CT molecular complexity index is 1170. The van der Waals surface area contributed by atoms with Crippen molar-refractivity contribution in [2.24, 2.45) is 0 Å². The molecular weight excluding hydrogens is 390 g/mol. The number of rotatable bonds is 8. The van der Waals surface area contributed by atoms with E-state index in [2.05, 4.69) is 63.8 Å². The molecule has 0 atom stereocenters. The highest BCUT2D eigenvalue weighted by Gasteiger charge is 2.11. The number of hydrogen-bond donors (Lipinski definition) is 2. The predicted molar refractivity (Wildman–Crippen MR) is 121 cm³/mol. The molecule has 2 aromatic carbocycles. The summed E-state index contributed by atoms with van der Waals surface area (Å²) >= 11 is 0. The molecule has 0 saturated heterocycles. The largest absolute Gasteiger partial charge is 0.361 e. The Morgan fingerprint density at radius 2 is 1.87 bits per heavy atom. The molecule has 0 saturated carbocycles. The molecule has 0 aliphatic heterocycles. The van der Waals surface area contributed by atoms with Gasteiger partial charge in [0.2, 0.25) is 11.8 Å². The average molecular weight is 418 g/mol. The maximum atomic E-state index is 11.1. The van der Waals surface area contributed by atoms with Crippen molar-refractivity contribution in [2.75, 3.05) is 26.0 Å². The minimum atomic E-state index is -0.0850. The molecule has 2 heterocycles. The van der Waals surface area contributed by atoms with E-state index in [0.29, 0.717) is 24.6 Å². The molecule has 7 heteroatoms. The highest BCUT2D eigenvalue weighted by molar-refractivity contribution is 5.88. The van der Waals surface area contributed by atoms with Gasteiger partial charge in [-0.05, 0) is 61.5 Å². The van der Waals surface area contributed by atoms with Crippen LogP contribution in [0.3, 0.4) is 0 Å². The van der Waals surface area contributed by atoms with Crippen molar-refractivity contribution in [2.45, 2.75) is 26.2 Å². The zero-order chi connectivity index (χ0) is 21.8. The van der Waals surface area contributed by atoms with Crippen LogP contribution >= 0.6 is 0 Å². The van der Waals surface area contributed by atoms with Gasteiger partial charge >= 0.3 is 0 Å². The van der Waals surface area contributed by atoms with Gasteiger partial charge in [-0.25, -0.2) is 0 Å². The van der Waals surface area contributed by atoms with Crippen molar-refractivity contribution in [3.63, 3.8) is 0 Å². The number of carbonyl (C=O) groups is 1. The van der Waals surface area contributed by atoms with Crippen LogP contribution in [0.4, 0.5) is 5.69 Å². The number of likely N-dealkylation sites (N-methyl/N-ethyl adjacent to an activating group) is 1. The van der Waals surface area contributed by atoms with Crippen LogP contribution in [0.5, 0.6) is 0 Å². The van der Waals surface area contributed by atoms with Crippen molar-refractivity contribution in [1.29, 1.82) is 0 Å². The monoisotopic (exact) mass is 417 g/mol. The third kappa shape index (κ3) is 5.38. The summed E-state index contributed by atoms with van der Waals surface area (Å²) < 4.78 is 5.49. The molecule has 4 rings (SSSR count). The lowest BCUT2D eigenvalue weighted by molar-refractivity contribution is -0.114. The van der Waals surface area contributed by atoms with E-state index in [-0.39, 0.29) is 5.91 Å². The van der Waals surface area contributed by atoms with Gasteiger partial charge in [0.1, 0.15) is 0 Å². The first-order chi connectivity index (χ1) is 15.0. The van der Waals surface area contributed by atoms with E-state index in [1.807, 2.05) is 24.3 Å². The summed E-state index contributed by atoms with van der Waals surface area (Å²) in [5, 5.41) is 8.14. The highest BCUT2D eigenvalue weighted by atomic mass is 16.5. The third-order valence-electron chi connectivity index (χ3n) is 5.16. The molecule has 0 aliphatic rings. The Kier molecular flexibility index (Phi) is 6.13. The van der Waals surface area contributed by atoms with Crippen LogP contribution in [0, 0.1) is 0 Å². The number of amides is 1. The number of fused-ring (bicyclic) bond motifs is 1. The summed E-state index contributed by atoms with van der Waals surface area (Å²) in [6.45, 7) is 2.50. The molecule has 0 radical (unpaired) electrons. The van der Waals surface area contributed by atoms with Crippen LogP contribution < -0.4 is 5.32 Å². The molecule has 2 aromatic heterocycles. The van der Waals surface area contributed by atoms with E-state index >= 15 is 0 Å². The molecule has 0 spiro atoms. The van der Waals surface area contributed by atoms with E-state index < -0.39 is 0 Å². The smallest absolute Gasteiger partial charge is 0.231 e. The van der Waals surface area contributed by atoms with Gasteiger partial charge in [-0.1, -0.05) is 23.4 Å². The van der Waals surface area contributed by atoms with Crippen LogP contribution in [0.1, 0.15) is 35.3 Å². The van der Waals surface area contributed by atoms with Crippen LogP contribution in [0.2, 0.25) is 0 Å². The number of H-pyrrole nitrogens is 1. The molecule has 2 N–H and O–H groups in total. The lowest BCUT2D eigenvalue weighted by atomic mass is 10.1. The number of hydrogen-bond acceptors (Lipinski definition) is 5. The van der Waals surface area contributed by atoms with Gasteiger partial charge in [0.05, 0.1) is 6.42 Å². The quantitative estimate of drug-likeness (QED) is 0.455. The summed E-state index contributed by atoms with van der Waals surface area (Å²) in [5.74, 6) is 1.17. The lowest BCUT2D eigenvalue weighted by Crippen LogP contribution is -2.14. The molecule has 4 aromatic rings. The van der Waals surface area contributed by atoms with Crippen LogP contribution in [-0.4, -0.2) is 46.6 Å². The standard InChI is InChI=1S/C24H27N5O2/c1-16(30)26-20-7-4-17(5-8-20)13-23-27-24(31-28-23)14-18-6-9-22-21(12-18)19(15-25-22)10-11-29(2)3/h4-9,12,15,25H,10-11,13-14H2,1-3H3,(H,26,30). The topological polar surface area (TPSA) is 87.0 Å². The molecule has 1 amide bonds. The fourth-order valence-corrected chi connectivity index (χ4v) is 3.59. The zero-order valence-electron chi connectivity index (χ0n) is 18.1. The van der Waals surface area contributed by atoms with E-state index in [1.54, 1.807) is 0 Å². The second-order valence-electron chi connectivity index (χ2n) is 8.08. The van der Waals surface area contributed by atoms with Crippen molar-refractivity contribution < 1.29 is 9.32 Å². The summed E-state index contributed by atoms with van der Waals surface area (Å²) in [5.41, 5.74) is 5.44. The van der Waals surface area contributed by atoms with E-state index in [4.69, 9.17) is 4.52 Å². The number of aromatic amines is 1. The number of nitrogens with zero attached hydrogens (tertiary/aromatic N) is 3. The summed E-state index contributed by atoms with van der Waals surface area (Å²) in [4.78, 5) is 21.2. The minimum Gasteiger partial charge on any atom is -0.361 e. The highest BCUT2D eigenvalue weighted by Crippen LogP contribution is 2.22. The lowest BCUT2D eigenvalue weighted by Gasteiger charge is -2.08. The average Bonchev–Trinajstić information content (AvgIpc) is 3.34. The fourth-order valence-electron chi connectivity index (χ4n) is 3.59. The molecule has 0 fully saturated rings. The second-order valence-corrected chi connectivity index (χ2v) is 8.08. The van der Waals surface area contributed by atoms with Crippen LogP contribution in [0.15, 0.2) is 53.2 Å². The number of anilines is 1. The van der Waals surface area contributed by atoms with Crippen LogP contribution in [-0.2, 0) is 24.1 Å². The summed E-state index contributed by atoms with van der Waals surface area (Å²) in [6.07, 6.45) is 4.28. The van der Waals surface area contributed by atoms with Gasteiger partial charge < -0.3 is 19.7 Å². The van der Waals surface area contributed by atoms with Gasteiger partial charge in [0, 0.05) is 42.7 Å². The summed E-state index contributed by atoms with van der Waals surface area (Å²) in [7, 11) is 4.18. The number of aromatic nitrogens is 3. The first kappa shape index (κ1) is 20.8. The maximum absolute atomic E-state index is 11.1. The summed E-state index contributed by atoms with van der Waals surface area (Å²) in [6, 6.07) is 14.1. The van der Waals surface area contributed by atoms with Crippen molar-refractivity contribution in [3.8, 4) is 0 Å². The predicted octanol–water partition coefficient (Wildman–Crippen LogP) is 3.80. The van der Waals surface area contributed by atoms with Gasteiger partial charge in [-0.3, -0.25) is 4.79 Å². The maximum Gasteiger partial charge on any atom is 0.231 e. The molecule has 0 aliphatic carbocycles. The van der Waals surface area contributed by atoms with Crippen molar-refractivity contribution >= 4 is 22.5 Å². The van der Waals surface area contributed by atoms with Gasteiger partial charge in [0.25, 0.3) is 0 Å². The van der Waals surface area contributed by atoms with Gasteiger partial charge in [-0.2, -0.15) is 4.98 Å². The Morgan fingerprint density at radius 3 is 2.61 bits per heavy atom. The Hall–Kier alpha value is -3.45. The Labute approximate surface area is 181 Å². The number of nitrogens with one attached hydrogen (secondary N) is 2. The first-order valence-electron chi connectivity index (χ1n) is 10.4. The first-order valence-corrected chi connectivity index (χ1v) is 10.4. The van der Waals surface area contributed by atoms with Crippen molar-refractivity contribution in [3.05, 3.63) is 77.1 Å². The Morgan fingerprint density at radius 1 is 1.10 bits per heavy atom. The SMILES string of the molecule is CC(=O)Nc1ccc(Cc2noc(Cc3ccc4[nH]cc(CCN(C)C)c4c3)n2)cc1. The number of carbonyl (C=O) groups excluding carboxylic acids is 1. The van der Waals surface area contributed by atoms with Gasteiger partial charge in [-0.15, -0.1) is 0 Å². The number of benzene rings is 2. The molecule has 0 bridgehead atoms. The zero-order valence-corrected chi connectivity index (χ0v) is 18.1. The third-order valence-corrected chi connectivity index (χ3v) is 5.16. The van der Waals surface area contributed by atoms with E-state index in [0.717, 1.165) is 35.3 Å². The normalized spacial score (nSPS) is 11.4. The van der Waals surface area contributed by atoms with Crippen LogP contribution in [0.25, 0.3) is 10.9 Å². The fraction of sp³-hybridized carbons (Fsp3) is 0.292. The second kappa shape index (κ2) is 9.14. The molecule has 160 valence electrons. The van der Waals surface area contributed by atoms with E-state index in [1.165, 1.54) is 17.9 Å². The Balaban J connectivity index is 1.43. The molecule has 31 heavy (non-hydrogen) atoms. The molecule has 7 nitrogen and oxygen atoms in total. The van der Waals surface area contributed by atoms with E-state index in [9.17, 15) is 4.79 Å². The minimum absolute atomic E-state index is 0.0850.